The monoisotopic (exact) mass is 263 g/mol. The summed E-state index contributed by atoms with van der Waals surface area (Å²) in [5.41, 5.74) is 8.39. The van der Waals surface area contributed by atoms with E-state index in [1.807, 2.05) is 18.5 Å². The Hall–Kier alpha value is -0.970. The predicted octanol–water partition coefficient (Wildman–Crippen LogP) is 1.89. The van der Waals surface area contributed by atoms with Crippen molar-refractivity contribution in [3.8, 4) is 0 Å². The Balaban J connectivity index is 2.25. The summed E-state index contributed by atoms with van der Waals surface area (Å²) < 4.78 is 5.97. The SMILES string of the molecule is Cc1ccncc1C(CN)N1CC(C)OC(C)(C)C1. The maximum atomic E-state index is 6.03. The molecule has 106 valence electrons. The highest BCUT2D eigenvalue weighted by Gasteiger charge is 2.35. The van der Waals surface area contributed by atoms with E-state index < -0.39 is 0 Å². The number of ether oxygens (including phenoxy) is 1. The molecule has 0 bridgehead atoms. The minimum absolute atomic E-state index is 0.124. The maximum Gasteiger partial charge on any atom is 0.0757 e. The highest BCUT2D eigenvalue weighted by Crippen LogP contribution is 2.29. The van der Waals surface area contributed by atoms with Gasteiger partial charge in [0.1, 0.15) is 0 Å². The number of hydrogen-bond donors (Lipinski definition) is 1. The van der Waals surface area contributed by atoms with Crippen LogP contribution in [0.5, 0.6) is 0 Å². The van der Waals surface area contributed by atoms with E-state index in [1.165, 1.54) is 11.1 Å². The van der Waals surface area contributed by atoms with Crippen molar-refractivity contribution in [3.05, 3.63) is 29.6 Å². The van der Waals surface area contributed by atoms with Crippen LogP contribution in [-0.4, -0.2) is 41.2 Å². The number of rotatable bonds is 3. The van der Waals surface area contributed by atoms with Crippen LogP contribution in [0.4, 0.5) is 0 Å². The molecule has 1 aliphatic rings. The summed E-state index contributed by atoms with van der Waals surface area (Å²) in [6.45, 7) is 10.9. The second kappa shape index (κ2) is 5.57. The van der Waals surface area contributed by atoms with Gasteiger partial charge in [-0.2, -0.15) is 0 Å². The largest absolute Gasteiger partial charge is 0.370 e. The van der Waals surface area contributed by atoms with E-state index in [0.717, 1.165) is 13.1 Å². The Kier molecular flexibility index (Phi) is 4.23. The van der Waals surface area contributed by atoms with Crippen LogP contribution >= 0.6 is 0 Å². The zero-order chi connectivity index (χ0) is 14.0. The van der Waals surface area contributed by atoms with Gasteiger partial charge in [0.15, 0.2) is 0 Å². The summed E-state index contributed by atoms with van der Waals surface area (Å²) in [5.74, 6) is 0. The summed E-state index contributed by atoms with van der Waals surface area (Å²) in [7, 11) is 0. The third-order valence-corrected chi connectivity index (χ3v) is 3.70. The summed E-state index contributed by atoms with van der Waals surface area (Å²) >= 11 is 0. The van der Waals surface area contributed by atoms with E-state index in [-0.39, 0.29) is 17.7 Å². The van der Waals surface area contributed by atoms with Gasteiger partial charge in [-0.15, -0.1) is 0 Å². The molecule has 19 heavy (non-hydrogen) atoms. The smallest absolute Gasteiger partial charge is 0.0757 e. The Morgan fingerprint density at radius 2 is 2.32 bits per heavy atom. The lowest BCUT2D eigenvalue weighted by molar-refractivity contribution is -0.137. The van der Waals surface area contributed by atoms with Gasteiger partial charge in [-0.3, -0.25) is 9.88 Å². The molecule has 4 nitrogen and oxygen atoms in total. The Labute approximate surface area is 116 Å². The van der Waals surface area contributed by atoms with Crippen molar-refractivity contribution < 1.29 is 4.74 Å². The third-order valence-electron chi connectivity index (χ3n) is 3.70. The van der Waals surface area contributed by atoms with E-state index in [1.54, 1.807) is 0 Å². The number of aromatic nitrogens is 1. The van der Waals surface area contributed by atoms with E-state index in [2.05, 4.69) is 37.6 Å². The zero-order valence-corrected chi connectivity index (χ0v) is 12.4. The van der Waals surface area contributed by atoms with E-state index in [4.69, 9.17) is 10.5 Å². The summed E-state index contributed by atoms with van der Waals surface area (Å²) in [5, 5.41) is 0. The lowest BCUT2D eigenvalue weighted by Gasteiger charge is -2.45. The summed E-state index contributed by atoms with van der Waals surface area (Å²) in [6, 6.07) is 2.27. The first kappa shape index (κ1) is 14.4. The van der Waals surface area contributed by atoms with Crippen molar-refractivity contribution in [1.29, 1.82) is 0 Å². The van der Waals surface area contributed by atoms with Gasteiger partial charge < -0.3 is 10.5 Å². The molecule has 1 saturated heterocycles. The van der Waals surface area contributed by atoms with Crippen molar-refractivity contribution in [2.24, 2.45) is 5.73 Å². The average Bonchev–Trinajstić information content (AvgIpc) is 2.30. The molecule has 1 aromatic rings. The van der Waals surface area contributed by atoms with Crippen molar-refractivity contribution in [2.45, 2.75) is 45.4 Å². The predicted molar refractivity (Wildman–Crippen MR) is 77.0 cm³/mol. The van der Waals surface area contributed by atoms with Crippen LogP contribution in [0.25, 0.3) is 0 Å². The van der Waals surface area contributed by atoms with Gasteiger partial charge in [0, 0.05) is 38.1 Å². The molecule has 0 aliphatic carbocycles. The van der Waals surface area contributed by atoms with E-state index in [9.17, 15) is 0 Å². The van der Waals surface area contributed by atoms with Crippen LogP contribution in [0.15, 0.2) is 18.5 Å². The lowest BCUT2D eigenvalue weighted by Crippen LogP contribution is -2.54. The fraction of sp³-hybridized carbons (Fsp3) is 0.667. The first-order valence-electron chi connectivity index (χ1n) is 6.95. The first-order valence-corrected chi connectivity index (χ1v) is 6.95. The van der Waals surface area contributed by atoms with Crippen LogP contribution in [0.1, 0.15) is 37.9 Å². The molecule has 0 saturated carbocycles. The van der Waals surface area contributed by atoms with E-state index >= 15 is 0 Å². The van der Waals surface area contributed by atoms with Gasteiger partial charge in [0.25, 0.3) is 0 Å². The third kappa shape index (κ3) is 3.32. The molecule has 2 unspecified atom stereocenters. The Morgan fingerprint density at radius 3 is 2.89 bits per heavy atom. The number of hydrogen-bond acceptors (Lipinski definition) is 4. The van der Waals surface area contributed by atoms with Gasteiger partial charge in [0.05, 0.1) is 11.7 Å². The fourth-order valence-electron chi connectivity index (χ4n) is 3.04. The molecule has 2 N–H and O–H groups in total. The number of nitrogens with zero attached hydrogens (tertiary/aromatic N) is 2. The number of morpholine rings is 1. The van der Waals surface area contributed by atoms with Crippen LogP contribution in [0, 0.1) is 6.92 Å². The second-order valence-electron chi connectivity index (χ2n) is 6.10. The molecule has 1 aromatic heterocycles. The standard InChI is InChI=1S/C15H25N3O/c1-11-5-6-17-8-13(11)14(7-16)18-9-12(2)19-15(3,4)10-18/h5-6,8,12,14H,7,9-10,16H2,1-4H3. The molecule has 2 rings (SSSR count). The number of aryl methyl sites for hydroxylation is 1. The van der Waals surface area contributed by atoms with Gasteiger partial charge in [-0.05, 0) is 44.9 Å². The highest BCUT2D eigenvalue weighted by molar-refractivity contribution is 5.25. The highest BCUT2D eigenvalue weighted by atomic mass is 16.5. The quantitative estimate of drug-likeness (QED) is 0.905. The zero-order valence-electron chi connectivity index (χ0n) is 12.4. The molecule has 0 amide bonds. The van der Waals surface area contributed by atoms with Crippen molar-refractivity contribution in [2.75, 3.05) is 19.6 Å². The normalized spacial score (nSPS) is 25.2. The number of pyridine rings is 1. The molecule has 2 heterocycles. The molecule has 0 spiro atoms. The minimum atomic E-state index is -0.124. The number of nitrogens with two attached hydrogens (primary N) is 1. The Morgan fingerprint density at radius 1 is 1.58 bits per heavy atom. The molecular formula is C15H25N3O. The maximum absolute atomic E-state index is 6.03. The minimum Gasteiger partial charge on any atom is -0.370 e. The molecule has 2 atom stereocenters. The molecular weight excluding hydrogens is 238 g/mol. The van der Waals surface area contributed by atoms with Gasteiger partial charge in [0.2, 0.25) is 0 Å². The van der Waals surface area contributed by atoms with Gasteiger partial charge >= 0.3 is 0 Å². The topological polar surface area (TPSA) is 51.4 Å². The van der Waals surface area contributed by atoms with Crippen LogP contribution < -0.4 is 5.73 Å². The molecule has 0 aromatic carbocycles. The molecule has 0 radical (unpaired) electrons. The summed E-state index contributed by atoms with van der Waals surface area (Å²) in [6.07, 6.45) is 4.01. The average molecular weight is 263 g/mol. The first-order chi connectivity index (χ1) is 8.93. The summed E-state index contributed by atoms with van der Waals surface area (Å²) in [4.78, 5) is 6.68. The van der Waals surface area contributed by atoms with Crippen LogP contribution in [0.3, 0.4) is 0 Å². The van der Waals surface area contributed by atoms with Gasteiger partial charge in [-0.25, -0.2) is 0 Å². The van der Waals surface area contributed by atoms with E-state index in [0.29, 0.717) is 6.54 Å². The second-order valence-corrected chi connectivity index (χ2v) is 6.10. The van der Waals surface area contributed by atoms with Gasteiger partial charge in [-0.1, -0.05) is 0 Å². The van der Waals surface area contributed by atoms with Crippen molar-refractivity contribution in [1.82, 2.24) is 9.88 Å². The fourth-order valence-corrected chi connectivity index (χ4v) is 3.04. The molecule has 4 heteroatoms. The van der Waals surface area contributed by atoms with Crippen LogP contribution in [-0.2, 0) is 4.74 Å². The van der Waals surface area contributed by atoms with Crippen molar-refractivity contribution in [3.63, 3.8) is 0 Å². The van der Waals surface area contributed by atoms with Crippen LogP contribution in [0.2, 0.25) is 0 Å². The van der Waals surface area contributed by atoms with Crippen molar-refractivity contribution >= 4 is 0 Å². The molecule has 1 aliphatic heterocycles. The molecule has 1 fully saturated rings. The lowest BCUT2D eigenvalue weighted by atomic mass is 9.98. The Bertz CT molecular complexity index is 433.